The van der Waals surface area contributed by atoms with Crippen LogP contribution in [-0.2, 0) is 34.0 Å². The molecule has 0 aliphatic rings. The highest BCUT2D eigenvalue weighted by molar-refractivity contribution is 9.11. The minimum absolute atomic E-state index is 0.406. The lowest BCUT2D eigenvalue weighted by Crippen LogP contribution is -2.18. The van der Waals surface area contributed by atoms with E-state index in [0.717, 1.165) is 33.1 Å². The number of aliphatic carboxylic acids is 3. The fraction of sp³-hybridized carbons (Fsp3) is 0.158. The first-order valence-electron chi connectivity index (χ1n) is 23.9. The van der Waals surface area contributed by atoms with Crippen molar-refractivity contribution in [3.8, 4) is 51.0 Å². The van der Waals surface area contributed by atoms with Crippen LogP contribution in [-0.4, -0.2) is 62.6 Å². The molecular weight excluding hydrogens is 1260 g/mol. The Morgan fingerprint density at radius 2 is 0.705 bits per heavy atom. The quantitative estimate of drug-likeness (QED) is 0.0737. The SMILES string of the molecule is CCn1ccc(-c2cc(Cl)ccc2OC(C(=O)O)c2cccc(Br)c2)n1.CCn1ccc(-c2cc(Cl)ccc2OC(C(=O)O)c2cccc(Br)c2)n1.CCn1ccc(-c2cc(Cl)ccc2OC(C(=O)O)c2cccc(Br)c2)n1. The van der Waals surface area contributed by atoms with Gasteiger partial charge in [0.15, 0.2) is 0 Å². The molecule has 21 heteroatoms. The maximum Gasteiger partial charge on any atom is 0.349 e. The Kier molecular flexibility index (Phi) is 20.8. The van der Waals surface area contributed by atoms with E-state index in [1.165, 1.54) is 0 Å². The van der Waals surface area contributed by atoms with Gasteiger partial charge < -0.3 is 29.5 Å². The molecule has 0 saturated heterocycles. The molecule has 0 bridgehead atoms. The third-order valence-electron chi connectivity index (χ3n) is 11.4. The number of carbonyl (C=O) groups is 3. The minimum Gasteiger partial charge on any atom is -0.478 e. The van der Waals surface area contributed by atoms with E-state index in [2.05, 4.69) is 63.1 Å². The summed E-state index contributed by atoms with van der Waals surface area (Å²) in [6, 6.07) is 41.8. The van der Waals surface area contributed by atoms with Crippen LogP contribution in [0.1, 0.15) is 55.8 Å². The van der Waals surface area contributed by atoms with Crippen LogP contribution < -0.4 is 14.2 Å². The Balaban J connectivity index is 0.000000170. The molecular formula is C57H48Br3Cl3N6O9. The van der Waals surface area contributed by atoms with Crippen LogP contribution in [0.25, 0.3) is 33.8 Å². The fourth-order valence-electron chi connectivity index (χ4n) is 7.63. The van der Waals surface area contributed by atoms with Gasteiger partial charge in [-0.3, -0.25) is 14.0 Å². The Bertz CT molecular complexity index is 3190. The summed E-state index contributed by atoms with van der Waals surface area (Å²) < 4.78 is 25.3. The van der Waals surface area contributed by atoms with E-state index >= 15 is 0 Å². The van der Waals surface area contributed by atoms with E-state index in [-0.39, 0.29) is 0 Å². The second-order valence-electron chi connectivity index (χ2n) is 16.8. The van der Waals surface area contributed by atoms with Gasteiger partial charge in [-0.05, 0) is 130 Å². The van der Waals surface area contributed by atoms with Gasteiger partial charge in [0.1, 0.15) is 17.2 Å². The van der Waals surface area contributed by atoms with Crippen molar-refractivity contribution in [3.05, 3.63) is 209 Å². The average molecular weight is 1310 g/mol. The summed E-state index contributed by atoms with van der Waals surface area (Å²) in [6.45, 7) is 8.14. The standard InChI is InChI=1S/3C19H16BrClN2O3/c3*1-2-23-9-8-16(22-23)15-11-14(21)6-7-17(15)26-18(19(24)25)12-4-3-5-13(20)10-12/h3*3-11,18H,2H2,1H3,(H,24,25). The van der Waals surface area contributed by atoms with E-state index in [9.17, 15) is 29.7 Å². The van der Waals surface area contributed by atoms with E-state index < -0.39 is 36.2 Å². The van der Waals surface area contributed by atoms with Gasteiger partial charge in [-0.25, -0.2) is 14.4 Å². The first-order valence-corrected chi connectivity index (χ1v) is 27.4. The van der Waals surface area contributed by atoms with Crippen LogP contribution in [0.3, 0.4) is 0 Å². The smallest absolute Gasteiger partial charge is 0.349 e. The number of hydrogen-bond donors (Lipinski definition) is 3. The Morgan fingerprint density at radius 1 is 0.436 bits per heavy atom. The molecule has 0 amide bonds. The maximum absolute atomic E-state index is 11.8. The zero-order chi connectivity index (χ0) is 56.0. The maximum atomic E-state index is 11.8. The summed E-state index contributed by atoms with van der Waals surface area (Å²) in [6.07, 6.45) is 2.09. The molecule has 3 atom stereocenters. The van der Waals surface area contributed by atoms with Crippen molar-refractivity contribution < 1.29 is 43.9 Å². The highest BCUT2D eigenvalue weighted by Crippen LogP contribution is 2.38. The second-order valence-corrected chi connectivity index (χ2v) is 20.8. The van der Waals surface area contributed by atoms with Crippen molar-refractivity contribution in [1.82, 2.24) is 29.3 Å². The summed E-state index contributed by atoms with van der Waals surface area (Å²) in [4.78, 5) is 35.4. The first-order chi connectivity index (χ1) is 37.4. The highest BCUT2D eigenvalue weighted by atomic mass is 79.9. The molecule has 3 unspecified atom stereocenters. The lowest BCUT2D eigenvalue weighted by molar-refractivity contribution is -0.146. The number of ether oxygens (including phenoxy) is 3. The molecule has 0 aliphatic carbocycles. The van der Waals surface area contributed by atoms with E-state index in [0.29, 0.717) is 82.8 Å². The summed E-state index contributed by atoms with van der Waals surface area (Å²) in [5.41, 5.74) is 5.54. The molecule has 9 aromatic rings. The van der Waals surface area contributed by atoms with Crippen LogP contribution in [0, 0.1) is 0 Å². The summed E-state index contributed by atoms with van der Waals surface area (Å²) in [7, 11) is 0. The number of hydrogen-bond acceptors (Lipinski definition) is 9. The Morgan fingerprint density at radius 3 is 0.923 bits per heavy atom. The van der Waals surface area contributed by atoms with Crippen molar-refractivity contribution in [2.75, 3.05) is 0 Å². The predicted molar refractivity (Wildman–Crippen MR) is 310 cm³/mol. The van der Waals surface area contributed by atoms with Crippen LogP contribution in [0.4, 0.5) is 0 Å². The topological polar surface area (TPSA) is 193 Å². The van der Waals surface area contributed by atoms with E-state index in [1.807, 2.05) is 75.8 Å². The lowest BCUT2D eigenvalue weighted by atomic mass is 10.1. The largest absolute Gasteiger partial charge is 0.478 e. The number of carboxylic acids is 3. The number of aryl methyl sites for hydroxylation is 3. The Hall–Kier alpha value is -6.93. The summed E-state index contributed by atoms with van der Waals surface area (Å²) >= 11 is 28.5. The molecule has 15 nitrogen and oxygen atoms in total. The lowest BCUT2D eigenvalue weighted by Gasteiger charge is -2.18. The van der Waals surface area contributed by atoms with Crippen LogP contribution >= 0.6 is 82.6 Å². The highest BCUT2D eigenvalue weighted by Gasteiger charge is 2.27. The molecule has 402 valence electrons. The normalized spacial score (nSPS) is 12.0. The zero-order valence-electron chi connectivity index (χ0n) is 41.7. The molecule has 0 saturated carbocycles. The van der Waals surface area contributed by atoms with Crippen LogP contribution in [0.5, 0.6) is 17.2 Å². The number of aromatic nitrogens is 6. The summed E-state index contributed by atoms with van der Waals surface area (Å²) in [5.74, 6) is -2.02. The number of halogens is 6. The molecule has 3 aromatic heterocycles. The first kappa shape index (κ1) is 58.7. The second kappa shape index (κ2) is 27.6. The Labute approximate surface area is 489 Å². The number of benzene rings is 6. The molecule has 0 fully saturated rings. The number of nitrogens with zero attached hydrogens (tertiary/aromatic N) is 6. The van der Waals surface area contributed by atoms with Gasteiger partial charge in [-0.2, -0.15) is 15.3 Å². The third kappa shape index (κ3) is 15.6. The van der Waals surface area contributed by atoms with Gasteiger partial charge in [0, 0.05) is 100 Å². The van der Waals surface area contributed by atoms with Gasteiger partial charge in [0.2, 0.25) is 18.3 Å². The van der Waals surface area contributed by atoms with Crippen molar-refractivity contribution in [1.29, 1.82) is 0 Å². The molecule has 0 spiro atoms. The molecule has 9 rings (SSSR count). The molecule has 0 radical (unpaired) electrons. The molecule has 3 heterocycles. The summed E-state index contributed by atoms with van der Waals surface area (Å²) in [5, 5.41) is 43.9. The average Bonchev–Trinajstić information content (AvgIpc) is 4.24. The van der Waals surface area contributed by atoms with Crippen molar-refractivity contribution >= 4 is 101 Å². The molecule has 78 heavy (non-hydrogen) atoms. The molecule has 6 aromatic carbocycles. The van der Waals surface area contributed by atoms with E-state index in [4.69, 9.17) is 49.0 Å². The van der Waals surface area contributed by atoms with Gasteiger partial charge in [-0.1, -0.05) is 119 Å². The zero-order valence-corrected chi connectivity index (χ0v) is 48.7. The number of rotatable bonds is 18. The van der Waals surface area contributed by atoms with Crippen LogP contribution in [0.2, 0.25) is 15.1 Å². The van der Waals surface area contributed by atoms with Gasteiger partial charge in [-0.15, -0.1) is 0 Å². The molecule has 0 aliphatic heterocycles. The van der Waals surface area contributed by atoms with Crippen molar-refractivity contribution in [3.63, 3.8) is 0 Å². The third-order valence-corrected chi connectivity index (χ3v) is 13.6. The minimum atomic E-state index is -1.15. The van der Waals surface area contributed by atoms with Crippen LogP contribution in [0.15, 0.2) is 178 Å². The fourth-order valence-corrected chi connectivity index (χ4v) is 9.40. The van der Waals surface area contributed by atoms with Crippen molar-refractivity contribution in [2.45, 2.75) is 58.7 Å². The van der Waals surface area contributed by atoms with E-state index in [1.54, 1.807) is 123 Å². The van der Waals surface area contributed by atoms with Crippen molar-refractivity contribution in [2.24, 2.45) is 0 Å². The number of carboxylic acid groups (broad SMARTS) is 3. The molecule has 3 N–H and O–H groups in total. The van der Waals surface area contributed by atoms with Gasteiger partial charge in [0.05, 0.1) is 17.1 Å². The van der Waals surface area contributed by atoms with Gasteiger partial charge >= 0.3 is 17.9 Å². The predicted octanol–water partition coefficient (Wildman–Crippen LogP) is 15.6. The monoisotopic (exact) mass is 1300 g/mol. The van der Waals surface area contributed by atoms with Gasteiger partial charge in [0.25, 0.3) is 0 Å².